The van der Waals surface area contributed by atoms with Crippen LogP contribution in [0.5, 0.6) is 5.75 Å². The summed E-state index contributed by atoms with van der Waals surface area (Å²) < 4.78 is 0. The molecule has 0 amide bonds. The maximum Gasteiger partial charge on any atom is 0.120 e. The summed E-state index contributed by atoms with van der Waals surface area (Å²) in [5.74, 6) is 0.296. The van der Waals surface area contributed by atoms with Gasteiger partial charge in [0.2, 0.25) is 0 Å². The maximum absolute atomic E-state index is 9.52. The number of rotatable bonds is 4. The average molecular weight is 214 g/mol. The second-order valence-corrected chi connectivity index (χ2v) is 3.90. The number of phenolic OH excluding ortho intramolecular Hbond substituents is 1. The van der Waals surface area contributed by atoms with Crippen LogP contribution in [0.15, 0.2) is 18.2 Å². The summed E-state index contributed by atoms with van der Waals surface area (Å²) in [6.07, 6.45) is 1.07. The van der Waals surface area contributed by atoms with Crippen molar-refractivity contribution in [1.82, 2.24) is 5.32 Å². The number of halogens is 1. The Morgan fingerprint density at radius 1 is 1.50 bits per heavy atom. The zero-order chi connectivity index (χ0) is 10.6. The van der Waals surface area contributed by atoms with Crippen molar-refractivity contribution in [2.24, 2.45) is 0 Å². The molecule has 0 bridgehead atoms. The van der Waals surface area contributed by atoms with Crippen LogP contribution in [0.1, 0.15) is 25.8 Å². The van der Waals surface area contributed by atoms with Gasteiger partial charge in [-0.15, -0.1) is 0 Å². The molecule has 1 atom stereocenters. The Labute approximate surface area is 89.9 Å². The Hall–Kier alpha value is -0.730. The minimum Gasteiger partial charge on any atom is -0.508 e. The first-order chi connectivity index (χ1) is 6.63. The van der Waals surface area contributed by atoms with E-state index >= 15 is 0 Å². The summed E-state index contributed by atoms with van der Waals surface area (Å²) in [7, 11) is 0. The summed E-state index contributed by atoms with van der Waals surface area (Å²) in [5, 5.41) is 13.5. The zero-order valence-electron chi connectivity index (χ0n) is 8.55. The van der Waals surface area contributed by atoms with Gasteiger partial charge in [0.15, 0.2) is 0 Å². The molecule has 1 aromatic rings. The molecule has 0 aliphatic heterocycles. The highest BCUT2D eigenvalue weighted by atomic mass is 35.5. The third-order valence-electron chi connectivity index (χ3n) is 2.29. The highest BCUT2D eigenvalue weighted by Crippen LogP contribution is 2.21. The van der Waals surface area contributed by atoms with Gasteiger partial charge in [-0.3, -0.25) is 0 Å². The van der Waals surface area contributed by atoms with Crippen molar-refractivity contribution < 1.29 is 5.11 Å². The number of aromatic hydroxyl groups is 1. The Morgan fingerprint density at radius 3 is 2.86 bits per heavy atom. The smallest absolute Gasteiger partial charge is 0.120 e. The predicted molar refractivity (Wildman–Crippen MR) is 59.7 cm³/mol. The number of hydrogen-bond acceptors (Lipinski definition) is 2. The highest BCUT2D eigenvalue weighted by molar-refractivity contribution is 6.30. The fourth-order valence-electron chi connectivity index (χ4n) is 1.12. The van der Waals surface area contributed by atoms with Crippen molar-refractivity contribution in [3.8, 4) is 5.75 Å². The molecule has 0 heterocycles. The molecule has 2 nitrogen and oxygen atoms in total. The van der Waals surface area contributed by atoms with Gasteiger partial charge in [-0.1, -0.05) is 18.5 Å². The van der Waals surface area contributed by atoms with Crippen molar-refractivity contribution in [1.29, 1.82) is 0 Å². The molecule has 3 heteroatoms. The van der Waals surface area contributed by atoms with Crippen LogP contribution in [0.2, 0.25) is 5.02 Å². The summed E-state index contributed by atoms with van der Waals surface area (Å²) >= 11 is 5.83. The van der Waals surface area contributed by atoms with Crippen molar-refractivity contribution in [2.75, 3.05) is 0 Å². The van der Waals surface area contributed by atoms with E-state index in [4.69, 9.17) is 11.6 Å². The van der Waals surface area contributed by atoms with Crippen LogP contribution in [-0.4, -0.2) is 11.1 Å². The lowest BCUT2D eigenvalue weighted by Gasteiger charge is -2.12. The van der Waals surface area contributed by atoms with Crippen LogP contribution in [-0.2, 0) is 6.54 Å². The molecule has 1 unspecified atom stereocenters. The lowest BCUT2D eigenvalue weighted by Crippen LogP contribution is -2.24. The molecular weight excluding hydrogens is 198 g/mol. The van der Waals surface area contributed by atoms with Crippen molar-refractivity contribution >= 4 is 11.6 Å². The molecule has 0 spiro atoms. The van der Waals surface area contributed by atoms with Gasteiger partial charge in [0.1, 0.15) is 5.75 Å². The largest absolute Gasteiger partial charge is 0.508 e. The predicted octanol–water partition coefficient (Wildman–Crippen LogP) is 2.93. The summed E-state index contributed by atoms with van der Waals surface area (Å²) in [5.41, 5.74) is 0.845. The summed E-state index contributed by atoms with van der Waals surface area (Å²) in [6.45, 7) is 4.89. The van der Waals surface area contributed by atoms with Crippen molar-refractivity contribution in [3.63, 3.8) is 0 Å². The van der Waals surface area contributed by atoms with Crippen LogP contribution in [0.25, 0.3) is 0 Å². The van der Waals surface area contributed by atoms with E-state index in [9.17, 15) is 5.11 Å². The third-order valence-corrected chi connectivity index (χ3v) is 2.53. The van der Waals surface area contributed by atoms with Crippen LogP contribution < -0.4 is 5.32 Å². The van der Waals surface area contributed by atoms with E-state index in [0.29, 0.717) is 23.4 Å². The fourth-order valence-corrected chi connectivity index (χ4v) is 1.32. The van der Waals surface area contributed by atoms with Crippen LogP contribution >= 0.6 is 11.6 Å². The number of phenols is 1. The minimum absolute atomic E-state index is 0.296. The summed E-state index contributed by atoms with van der Waals surface area (Å²) in [4.78, 5) is 0. The first-order valence-corrected chi connectivity index (χ1v) is 5.22. The zero-order valence-corrected chi connectivity index (χ0v) is 9.30. The van der Waals surface area contributed by atoms with Crippen molar-refractivity contribution in [2.45, 2.75) is 32.9 Å². The molecule has 1 aromatic carbocycles. The molecule has 1 rings (SSSR count). The van der Waals surface area contributed by atoms with E-state index in [0.717, 1.165) is 12.0 Å². The van der Waals surface area contributed by atoms with E-state index in [-0.39, 0.29) is 0 Å². The highest BCUT2D eigenvalue weighted by Gasteiger charge is 2.03. The number of hydrogen-bond donors (Lipinski definition) is 2. The molecule has 0 radical (unpaired) electrons. The maximum atomic E-state index is 9.52. The van der Waals surface area contributed by atoms with Gasteiger partial charge < -0.3 is 10.4 Å². The Kier molecular flexibility index (Phi) is 4.23. The van der Waals surface area contributed by atoms with E-state index in [1.807, 2.05) is 0 Å². The lowest BCUT2D eigenvalue weighted by molar-refractivity contribution is 0.457. The molecule has 0 aromatic heterocycles. The average Bonchev–Trinajstić information content (AvgIpc) is 2.19. The van der Waals surface area contributed by atoms with E-state index in [2.05, 4.69) is 19.2 Å². The first-order valence-electron chi connectivity index (χ1n) is 4.84. The second-order valence-electron chi connectivity index (χ2n) is 3.46. The first kappa shape index (κ1) is 11.3. The third kappa shape index (κ3) is 3.20. The minimum atomic E-state index is 0.296. The second kappa shape index (κ2) is 5.23. The molecule has 2 N–H and O–H groups in total. The Balaban J connectivity index is 2.62. The molecule has 78 valence electrons. The van der Waals surface area contributed by atoms with Gasteiger partial charge in [0, 0.05) is 23.2 Å². The standard InChI is InChI=1S/C11H16ClNO/c1-3-8(2)13-7-9-6-10(12)4-5-11(9)14/h4-6,8,13-14H,3,7H2,1-2H3. The summed E-state index contributed by atoms with van der Waals surface area (Å²) in [6, 6.07) is 5.54. The van der Waals surface area contributed by atoms with Crippen LogP contribution in [0, 0.1) is 0 Å². The van der Waals surface area contributed by atoms with E-state index in [1.165, 1.54) is 0 Å². The van der Waals surface area contributed by atoms with Crippen molar-refractivity contribution in [3.05, 3.63) is 28.8 Å². The molecule has 0 aliphatic rings. The van der Waals surface area contributed by atoms with E-state index < -0.39 is 0 Å². The molecular formula is C11H16ClNO. The van der Waals surface area contributed by atoms with Gasteiger partial charge >= 0.3 is 0 Å². The molecule has 0 saturated heterocycles. The van der Waals surface area contributed by atoms with E-state index in [1.54, 1.807) is 18.2 Å². The Bertz CT molecular complexity index is 301. The lowest BCUT2D eigenvalue weighted by atomic mass is 10.2. The molecule has 0 aliphatic carbocycles. The van der Waals surface area contributed by atoms with Gasteiger partial charge in [0.25, 0.3) is 0 Å². The number of nitrogens with one attached hydrogen (secondary N) is 1. The van der Waals surface area contributed by atoms with Crippen LogP contribution in [0.4, 0.5) is 0 Å². The Morgan fingerprint density at radius 2 is 2.21 bits per heavy atom. The van der Waals surface area contributed by atoms with Gasteiger partial charge in [-0.05, 0) is 31.5 Å². The van der Waals surface area contributed by atoms with Gasteiger partial charge in [-0.2, -0.15) is 0 Å². The molecule has 0 saturated carbocycles. The normalized spacial score (nSPS) is 12.8. The topological polar surface area (TPSA) is 32.3 Å². The van der Waals surface area contributed by atoms with Gasteiger partial charge in [0.05, 0.1) is 0 Å². The monoisotopic (exact) mass is 213 g/mol. The molecule has 14 heavy (non-hydrogen) atoms. The fraction of sp³-hybridized carbons (Fsp3) is 0.455. The van der Waals surface area contributed by atoms with Gasteiger partial charge in [-0.25, -0.2) is 0 Å². The molecule has 0 fully saturated rings. The number of benzene rings is 1. The SMILES string of the molecule is CCC(C)NCc1cc(Cl)ccc1O. The van der Waals surface area contributed by atoms with Crippen LogP contribution in [0.3, 0.4) is 0 Å². The quantitative estimate of drug-likeness (QED) is 0.806.